The minimum atomic E-state index is -0.204. The Bertz CT molecular complexity index is 102. The van der Waals surface area contributed by atoms with E-state index in [-0.39, 0.29) is 12.7 Å². The fraction of sp³-hybridized carbons (Fsp3) is 0.600. The molecule has 0 bridgehead atoms. The zero-order valence-corrected chi connectivity index (χ0v) is 5.48. The SMILES string of the molecule is C=NCNC(=O)NCC. The maximum Gasteiger partial charge on any atom is 0.316 e. The van der Waals surface area contributed by atoms with E-state index in [0.29, 0.717) is 6.54 Å². The molecule has 52 valence electrons. The summed E-state index contributed by atoms with van der Waals surface area (Å²) in [6, 6.07) is -0.204. The third-order valence-electron chi connectivity index (χ3n) is 0.689. The molecule has 0 saturated heterocycles. The van der Waals surface area contributed by atoms with Gasteiger partial charge in [0.1, 0.15) is 6.67 Å². The van der Waals surface area contributed by atoms with Gasteiger partial charge < -0.3 is 10.6 Å². The molecule has 0 heterocycles. The van der Waals surface area contributed by atoms with Gasteiger partial charge >= 0.3 is 6.03 Å². The highest BCUT2D eigenvalue weighted by Crippen LogP contribution is 1.62. The lowest BCUT2D eigenvalue weighted by molar-refractivity contribution is 0.242. The van der Waals surface area contributed by atoms with Crippen LogP contribution in [0.1, 0.15) is 6.92 Å². The van der Waals surface area contributed by atoms with Crippen LogP contribution in [-0.4, -0.2) is 26.0 Å². The van der Waals surface area contributed by atoms with E-state index in [1.54, 1.807) is 0 Å². The molecule has 0 aromatic rings. The number of carbonyl (C=O) groups is 1. The average molecular weight is 129 g/mol. The summed E-state index contributed by atoms with van der Waals surface area (Å²) in [6.07, 6.45) is 0. The van der Waals surface area contributed by atoms with Gasteiger partial charge in [-0.15, -0.1) is 0 Å². The van der Waals surface area contributed by atoms with Gasteiger partial charge in [-0.05, 0) is 13.6 Å². The molecule has 0 saturated carbocycles. The summed E-state index contributed by atoms with van der Waals surface area (Å²) in [6.45, 7) is 5.95. The molecule has 0 radical (unpaired) electrons. The summed E-state index contributed by atoms with van der Waals surface area (Å²) in [4.78, 5) is 13.9. The zero-order chi connectivity index (χ0) is 7.11. The van der Waals surface area contributed by atoms with Crippen LogP contribution in [0.2, 0.25) is 0 Å². The average Bonchev–Trinajstić information content (AvgIpc) is 1.85. The number of carbonyl (C=O) groups excluding carboxylic acids is 1. The fourth-order valence-corrected chi connectivity index (χ4v) is 0.351. The Labute approximate surface area is 54.4 Å². The first-order valence-corrected chi connectivity index (χ1v) is 2.75. The van der Waals surface area contributed by atoms with Crippen molar-refractivity contribution in [1.29, 1.82) is 0 Å². The number of nitrogens with one attached hydrogen (secondary N) is 2. The summed E-state index contributed by atoms with van der Waals surface area (Å²) in [5.41, 5.74) is 0. The van der Waals surface area contributed by atoms with E-state index in [1.807, 2.05) is 6.92 Å². The first-order chi connectivity index (χ1) is 4.31. The molecule has 0 atom stereocenters. The zero-order valence-electron chi connectivity index (χ0n) is 5.48. The molecule has 2 N–H and O–H groups in total. The van der Waals surface area contributed by atoms with Crippen LogP contribution in [0.5, 0.6) is 0 Å². The van der Waals surface area contributed by atoms with Crippen molar-refractivity contribution in [1.82, 2.24) is 10.6 Å². The van der Waals surface area contributed by atoms with E-state index < -0.39 is 0 Å². The Morgan fingerprint density at radius 1 is 1.67 bits per heavy atom. The molecule has 0 aliphatic heterocycles. The van der Waals surface area contributed by atoms with Crippen molar-refractivity contribution in [3.8, 4) is 0 Å². The molecule has 0 aliphatic rings. The van der Waals surface area contributed by atoms with Gasteiger partial charge in [0.05, 0.1) is 0 Å². The molecule has 9 heavy (non-hydrogen) atoms. The van der Waals surface area contributed by atoms with Gasteiger partial charge in [0.25, 0.3) is 0 Å². The third kappa shape index (κ3) is 4.80. The second-order valence-electron chi connectivity index (χ2n) is 1.42. The monoisotopic (exact) mass is 129 g/mol. The lowest BCUT2D eigenvalue weighted by atomic mass is 10.7. The summed E-state index contributed by atoms with van der Waals surface area (Å²) in [5.74, 6) is 0. The highest BCUT2D eigenvalue weighted by atomic mass is 16.2. The molecule has 0 unspecified atom stereocenters. The van der Waals surface area contributed by atoms with E-state index in [4.69, 9.17) is 0 Å². The highest BCUT2D eigenvalue weighted by molar-refractivity contribution is 5.73. The number of aliphatic imine (C=N–C) groups is 1. The number of nitrogens with zero attached hydrogens (tertiary/aromatic N) is 1. The van der Waals surface area contributed by atoms with Crippen LogP contribution in [0.3, 0.4) is 0 Å². The Morgan fingerprint density at radius 2 is 2.33 bits per heavy atom. The third-order valence-corrected chi connectivity index (χ3v) is 0.689. The van der Waals surface area contributed by atoms with E-state index in [1.165, 1.54) is 0 Å². The minimum Gasteiger partial charge on any atom is -0.338 e. The molecule has 2 amide bonds. The first-order valence-electron chi connectivity index (χ1n) is 2.75. The van der Waals surface area contributed by atoms with Crippen LogP contribution in [-0.2, 0) is 0 Å². The van der Waals surface area contributed by atoms with Crippen LogP contribution in [0, 0.1) is 0 Å². The Morgan fingerprint density at radius 3 is 2.78 bits per heavy atom. The van der Waals surface area contributed by atoms with Gasteiger partial charge in [-0.25, -0.2) is 4.79 Å². The highest BCUT2D eigenvalue weighted by Gasteiger charge is 1.91. The fourth-order valence-electron chi connectivity index (χ4n) is 0.351. The molecule has 0 rings (SSSR count). The van der Waals surface area contributed by atoms with E-state index in [9.17, 15) is 4.79 Å². The quantitative estimate of drug-likeness (QED) is 0.516. The Kier molecular flexibility index (Phi) is 4.49. The van der Waals surface area contributed by atoms with Crippen molar-refractivity contribution in [2.75, 3.05) is 13.2 Å². The predicted molar refractivity (Wildman–Crippen MR) is 36.6 cm³/mol. The number of hydrogen-bond acceptors (Lipinski definition) is 2. The molecule has 0 aromatic heterocycles. The summed E-state index contributed by atoms with van der Waals surface area (Å²) >= 11 is 0. The smallest absolute Gasteiger partial charge is 0.316 e. The van der Waals surface area contributed by atoms with Gasteiger partial charge in [-0.1, -0.05) is 0 Å². The molecule has 4 nitrogen and oxygen atoms in total. The summed E-state index contributed by atoms with van der Waals surface area (Å²) < 4.78 is 0. The molecule has 0 aliphatic carbocycles. The van der Waals surface area contributed by atoms with Crippen LogP contribution < -0.4 is 10.6 Å². The van der Waals surface area contributed by atoms with Gasteiger partial charge in [0, 0.05) is 6.54 Å². The van der Waals surface area contributed by atoms with Crippen LogP contribution >= 0.6 is 0 Å². The number of amides is 2. The van der Waals surface area contributed by atoms with Crippen molar-refractivity contribution < 1.29 is 4.79 Å². The molecule has 4 heteroatoms. The predicted octanol–water partition coefficient (Wildman–Crippen LogP) is -0.0364. The van der Waals surface area contributed by atoms with Gasteiger partial charge in [-0.2, -0.15) is 0 Å². The van der Waals surface area contributed by atoms with Crippen LogP contribution in [0.4, 0.5) is 4.79 Å². The standard InChI is InChI=1S/C5H11N3O/c1-3-7-5(9)8-4-6-2/h2-4H2,1H3,(H2,7,8,9). The molecule has 0 fully saturated rings. The minimum absolute atomic E-state index is 0.204. The molecule has 0 aromatic carbocycles. The Hall–Kier alpha value is -1.06. The number of rotatable bonds is 3. The topological polar surface area (TPSA) is 53.5 Å². The molecular weight excluding hydrogens is 118 g/mol. The van der Waals surface area contributed by atoms with Crippen LogP contribution in [0.15, 0.2) is 4.99 Å². The number of hydrogen-bond donors (Lipinski definition) is 2. The van der Waals surface area contributed by atoms with Crippen molar-refractivity contribution in [3.05, 3.63) is 0 Å². The number of urea groups is 1. The molecule has 0 spiro atoms. The van der Waals surface area contributed by atoms with E-state index >= 15 is 0 Å². The second kappa shape index (κ2) is 5.08. The molecular formula is C5H11N3O. The van der Waals surface area contributed by atoms with Crippen molar-refractivity contribution in [3.63, 3.8) is 0 Å². The van der Waals surface area contributed by atoms with Gasteiger partial charge in [-0.3, -0.25) is 4.99 Å². The normalized spacial score (nSPS) is 8.11. The van der Waals surface area contributed by atoms with E-state index in [0.717, 1.165) is 0 Å². The summed E-state index contributed by atoms with van der Waals surface area (Å²) in [7, 11) is 0. The lowest BCUT2D eigenvalue weighted by Crippen LogP contribution is -2.35. The van der Waals surface area contributed by atoms with Crippen molar-refractivity contribution in [2.45, 2.75) is 6.92 Å². The van der Waals surface area contributed by atoms with Crippen molar-refractivity contribution >= 4 is 12.7 Å². The van der Waals surface area contributed by atoms with Crippen LogP contribution in [0.25, 0.3) is 0 Å². The lowest BCUT2D eigenvalue weighted by Gasteiger charge is -2.00. The van der Waals surface area contributed by atoms with E-state index in [2.05, 4.69) is 22.3 Å². The Balaban J connectivity index is 3.16. The van der Waals surface area contributed by atoms with Gasteiger partial charge in [0.2, 0.25) is 0 Å². The second-order valence-corrected chi connectivity index (χ2v) is 1.42. The van der Waals surface area contributed by atoms with Crippen molar-refractivity contribution in [2.24, 2.45) is 4.99 Å². The maximum atomic E-state index is 10.5. The van der Waals surface area contributed by atoms with Gasteiger partial charge in [0.15, 0.2) is 0 Å². The maximum absolute atomic E-state index is 10.5. The largest absolute Gasteiger partial charge is 0.338 e. The summed E-state index contributed by atoms with van der Waals surface area (Å²) in [5, 5.41) is 5.00. The first kappa shape index (κ1) is 7.94.